The Hall–Kier alpha value is -2.45. The Kier molecular flexibility index (Phi) is 8.86. The highest BCUT2D eigenvalue weighted by Gasteiger charge is 2.25. The summed E-state index contributed by atoms with van der Waals surface area (Å²) in [7, 11) is 1.77. The number of amides is 2. The van der Waals surface area contributed by atoms with E-state index in [9.17, 15) is 9.59 Å². The molecule has 2 amide bonds. The van der Waals surface area contributed by atoms with Crippen molar-refractivity contribution in [2.24, 2.45) is 0 Å². The highest BCUT2D eigenvalue weighted by atomic mass is 35.5. The van der Waals surface area contributed by atoms with Crippen LogP contribution in [-0.4, -0.2) is 61.1 Å². The van der Waals surface area contributed by atoms with Crippen LogP contribution >= 0.6 is 11.6 Å². The lowest BCUT2D eigenvalue weighted by Gasteiger charge is -2.28. The molecule has 0 aromatic heterocycles. The number of carbonyl (C=O) groups is 2. The first-order valence-electron chi connectivity index (χ1n) is 11.3. The fraction of sp³-hybridized carbons (Fsp3) is 0.440. The van der Waals surface area contributed by atoms with E-state index in [1.54, 1.807) is 17.0 Å². The summed E-state index contributed by atoms with van der Waals surface area (Å²) in [6.07, 6.45) is 0. The van der Waals surface area contributed by atoms with Crippen LogP contribution < -0.4 is 15.5 Å². The van der Waals surface area contributed by atoms with E-state index >= 15 is 0 Å². The van der Waals surface area contributed by atoms with Gasteiger partial charge in [0.1, 0.15) is 0 Å². The Labute approximate surface area is 201 Å². The monoisotopic (exact) mass is 471 g/mol. The maximum Gasteiger partial charge on any atom is 0.250 e. The molecule has 0 spiro atoms. The molecule has 0 aliphatic carbocycles. The van der Waals surface area contributed by atoms with Crippen molar-refractivity contribution in [1.82, 2.24) is 20.7 Å². The number of hydrazine groups is 1. The fourth-order valence-electron chi connectivity index (χ4n) is 3.89. The van der Waals surface area contributed by atoms with Crippen molar-refractivity contribution in [2.45, 2.75) is 39.9 Å². The maximum atomic E-state index is 13.1. The zero-order valence-electron chi connectivity index (χ0n) is 19.9. The summed E-state index contributed by atoms with van der Waals surface area (Å²) in [6.45, 7) is 8.84. The van der Waals surface area contributed by atoms with E-state index in [1.165, 1.54) is 11.1 Å². The third-order valence-electron chi connectivity index (χ3n) is 5.81. The average Bonchev–Trinajstić information content (AvgIpc) is 3.22. The smallest absolute Gasteiger partial charge is 0.250 e. The van der Waals surface area contributed by atoms with Crippen LogP contribution in [0, 0.1) is 6.92 Å². The van der Waals surface area contributed by atoms with Gasteiger partial charge >= 0.3 is 0 Å². The Morgan fingerprint density at radius 2 is 1.70 bits per heavy atom. The first-order chi connectivity index (χ1) is 15.8. The van der Waals surface area contributed by atoms with Crippen LogP contribution in [0.3, 0.4) is 0 Å². The van der Waals surface area contributed by atoms with Gasteiger partial charge in [-0.25, -0.2) is 5.01 Å². The number of rotatable bonds is 10. The predicted molar refractivity (Wildman–Crippen MR) is 133 cm³/mol. The van der Waals surface area contributed by atoms with Crippen molar-refractivity contribution in [2.75, 3.05) is 38.1 Å². The minimum absolute atomic E-state index is 0.0629. The van der Waals surface area contributed by atoms with Crippen molar-refractivity contribution >= 4 is 29.1 Å². The normalized spacial score (nSPS) is 13.3. The predicted octanol–water partition coefficient (Wildman–Crippen LogP) is 2.96. The van der Waals surface area contributed by atoms with Crippen LogP contribution in [0.5, 0.6) is 0 Å². The molecule has 1 aliphatic rings. The molecule has 0 bridgehead atoms. The zero-order chi connectivity index (χ0) is 24.0. The molecular formula is C25H34ClN5O2. The highest BCUT2D eigenvalue weighted by Crippen LogP contribution is 2.25. The summed E-state index contributed by atoms with van der Waals surface area (Å²) in [5, 5.41) is 10.6. The largest absolute Gasteiger partial charge is 0.313 e. The number of hydrogen-bond donors (Lipinski definition) is 2. The maximum absolute atomic E-state index is 13.1. The quantitative estimate of drug-likeness (QED) is 0.557. The van der Waals surface area contributed by atoms with Crippen LogP contribution in [0.25, 0.3) is 0 Å². The van der Waals surface area contributed by atoms with E-state index in [0.717, 1.165) is 11.3 Å². The molecule has 0 unspecified atom stereocenters. The minimum atomic E-state index is -0.102. The lowest BCUT2D eigenvalue weighted by Crippen LogP contribution is -2.47. The molecule has 0 saturated heterocycles. The van der Waals surface area contributed by atoms with E-state index in [4.69, 9.17) is 11.6 Å². The van der Waals surface area contributed by atoms with Crippen molar-refractivity contribution < 1.29 is 9.59 Å². The average molecular weight is 472 g/mol. The molecule has 3 rings (SSSR count). The Bertz CT molecular complexity index is 956. The number of likely N-dealkylation sites (N-methyl/N-ethyl adjacent to an activating group) is 1. The topological polar surface area (TPSA) is 67.9 Å². The SMILES string of the molecule is Cc1ccc(Cl)cc1N(CCNC(C)C)C(=O)CNCC(=O)N(C)N1Cc2ccccc2C1. The van der Waals surface area contributed by atoms with E-state index in [0.29, 0.717) is 37.2 Å². The van der Waals surface area contributed by atoms with Gasteiger partial charge in [0, 0.05) is 50.0 Å². The molecule has 33 heavy (non-hydrogen) atoms. The van der Waals surface area contributed by atoms with E-state index in [2.05, 4.69) is 36.6 Å². The van der Waals surface area contributed by atoms with Gasteiger partial charge in [-0.05, 0) is 35.7 Å². The van der Waals surface area contributed by atoms with Gasteiger partial charge in [-0.2, -0.15) is 0 Å². The summed E-state index contributed by atoms with van der Waals surface area (Å²) in [5.74, 6) is -0.183. The lowest BCUT2D eigenvalue weighted by atomic mass is 10.1. The molecule has 2 aromatic carbocycles. The molecule has 2 aromatic rings. The van der Waals surface area contributed by atoms with Crippen molar-refractivity contribution in [3.05, 3.63) is 64.2 Å². The third-order valence-corrected chi connectivity index (χ3v) is 6.05. The number of fused-ring (bicyclic) bond motifs is 1. The number of nitrogens with one attached hydrogen (secondary N) is 2. The minimum Gasteiger partial charge on any atom is -0.313 e. The molecule has 0 saturated carbocycles. The fourth-order valence-corrected chi connectivity index (χ4v) is 4.06. The number of hydrogen-bond acceptors (Lipinski definition) is 5. The van der Waals surface area contributed by atoms with Gasteiger partial charge in [0.25, 0.3) is 5.91 Å². The van der Waals surface area contributed by atoms with Gasteiger partial charge in [0.15, 0.2) is 0 Å². The molecule has 0 fully saturated rings. The summed E-state index contributed by atoms with van der Waals surface area (Å²) >= 11 is 6.20. The summed E-state index contributed by atoms with van der Waals surface area (Å²) in [6, 6.07) is 14.1. The van der Waals surface area contributed by atoms with Crippen LogP contribution in [0.15, 0.2) is 42.5 Å². The number of aryl methyl sites for hydroxylation is 1. The molecule has 178 valence electrons. The Morgan fingerprint density at radius 1 is 1.06 bits per heavy atom. The molecule has 0 radical (unpaired) electrons. The van der Waals surface area contributed by atoms with Gasteiger partial charge < -0.3 is 10.2 Å². The van der Waals surface area contributed by atoms with Gasteiger partial charge in [-0.1, -0.05) is 55.8 Å². The third kappa shape index (κ3) is 6.77. The Balaban J connectivity index is 1.55. The lowest BCUT2D eigenvalue weighted by molar-refractivity contribution is -0.145. The van der Waals surface area contributed by atoms with Gasteiger partial charge in [0.05, 0.1) is 13.1 Å². The summed E-state index contributed by atoms with van der Waals surface area (Å²) in [4.78, 5) is 27.5. The second-order valence-electron chi connectivity index (χ2n) is 8.70. The molecule has 1 aliphatic heterocycles. The molecular weight excluding hydrogens is 438 g/mol. The molecule has 1 heterocycles. The van der Waals surface area contributed by atoms with E-state index in [1.807, 2.05) is 42.3 Å². The van der Waals surface area contributed by atoms with Gasteiger partial charge in [-0.15, -0.1) is 0 Å². The van der Waals surface area contributed by atoms with Gasteiger partial charge in [-0.3, -0.25) is 19.9 Å². The van der Waals surface area contributed by atoms with Crippen molar-refractivity contribution in [3.63, 3.8) is 0 Å². The van der Waals surface area contributed by atoms with Crippen molar-refractivity contribution in [1.29, 1.82) is 0 Å². The van der Waals surface area contributed by atoms with Crippen LogP contribution in [0.1, 0.15) is 30.5 Å². The number of carbonyl (C=O) groups excluding carboxylic acids is 2. The van der Waals surface area contributed by atoms with Crippen LogP contribution in [0.2, 0.25) is 5.02 Å². The zero-order valence-corrected chi connectivity index (χ0v) is 20.7. The first-order valence-corrected chi connectivity index (χ1v) is 11.7. The van der Waals surface area contributed by atoms with E-state index in [-0.39, 0.29) is 24.9 Å². The van der Waals surface area contributed by atoms with Crippen LogP contribution in [-0.2, 0) is 22.7 Å². The van der Waals surface area contributed by atoms with Crippen molar-refractivity contribution in [3.8, 4) is 0 Å². The second kappa shape index (κ2) is 11.6. The van der Waals surface area contributed by atoms with E-state index < -0.39 is 0 Å². The number of anilines is 1. The number of nitrogens with zero attached hydrogens (tertiary/aromatic N) is 3. The molecule has 7 nitrogen and oxygen atoms in total. The Morgan fingerprint density at radius 3 is 2.33 bits per heavy atom. The summed E-state index contributed by atoms with van der Waals surface area (Å²) < 4.78 is 0. The first kappa shape index (κ1) is 25.2. The standard InChI is InChI=1S/C25H34ClN5O2/c1-18(2)28-11-12-31(23-13-22(26)10-9-19(23)3)25(33)15-27-14-24(32)29(4)30-16-20-7-5-6-8-21(20)17-30/h5-10,13,18,27-28H,11-12,14-17H2,1-4H3. The molecule has 0 atom stereocenters. The van der Waals surface area contributed by atoms with Crippen LogP contribution in [0.4, 0.5) is 5.69 Å². The van der Waals surface area contributed by atoms with Gasteiger partial charge in [0.2, 0.25) is 5.91 Å². The summed E-state index contributed by atoms with van der Waals surface area (Å²) in [5.41, 5.74) is 4.24. The highest BCUT2D eigenvalue weighted by molar-refractivity contribution is 6.31. The molecule has 8 heteroatoms. The molecule has 2 N–H and O–H groups in total. The number of benzene rings is 2. The number of halogens is 1. The second-order valence-corrected chi connectivity index (χ2v) is 9.13.